The summed E-state index contributed by atoms with van der Waals surface area (Å²) < 4.78 is 1.32. The maximum absolute atomic E-state index is 10.5. The molecule has 0 atom stereocenters. The van der Waals surface area contributed by atoms with E-state index < -0.39 is 5.97 Å². The molecule has 1 aromatic heterocycles. The zero-order valence-electron chi connectivity index (χ0n) is 6.53. The first-order valence-electron chi connectivity index (χ1n) is 3.33. The average Bonchev–Trinajstić information content (AvgIpc) is 2.05. The molecule has 0 saturated carbocycles. The molecule has 1 heterocycles. The van der Waals surface area contributed by atoms with Gasteiger partial charge in [0.15, 0.2) is 0 Å². The Kier molecular flexibility index (Phi) is 2.14. The topological polar surface area (TPSA) is 78.1 Å². The number of aromatic carboxylic acids is 1. The fraction of sp³-hybridized carbons (Fsp3) is 0.143. The van der Waals surface area contributed by atoms with Crippen LogP contribution >= 0.6 is 0 Å². The average molecular weight is 167 g/mol. The summed E-state index contributed by atoms with van der Waals surface area (Å²) in [5.41, 5.74) is 3.02. The summed E-state index contributed by atoms with van der Waals surface area (Å²) in [5.74, 6) is -1.00. The van der Waals surface area contributed by atoms with Crippen molar-refractivity contribution in [2.24, 2.45) is 0 Å². The van der Waals surface area contributed by atoms with Gasteiger partial charge in [-0.3, -0.25) is 5.41 Å². The second-order valence-corrected chi connectivity index (χ2v) is 2.20. The maximum atomic E-state index is 10.5. The van der Waals surface area contributed by atoms with Crippen molar-refractivity contribution in [2.75, 3.05) is 12.5 Å². The van der Waals surface area contributed by atoms with Crippen molar-refractivity contribution in [3.05, 3.63) is 29.4 Å². The molecule has 12 heavy (non-hydrogen) atoms. The minimum absolute atomic E-state index is 0.153. The molecule has 0 amide bonds. The van der Waals surface area contributed by atoms with Crippen LogP contribution in [0.3, 0.4) is 0 Å². The minimum atomic E-state index is -1.00. The van der Waals surface area contributed by atoms with Crippen LogP contribution in [0.15, 0.2) is 18.3 Å². The highest BCUT2D eigenvalue weighted by molar-refractivity contribution is 5.87. The Bertz CT molecular complexity index is 356. The Hall–Kier alpha value is -1.78. The van der Waals surface area contributed by atoms with Gasteiger partial charge in [0, 0.05) is 13.2 Å². The third-order valence-electron chi connectivity index (χ3n) is 1.44. The van der Waals surface area contributed by atoms with Gasteiger partial charge in [0.1, 0.15) is 5.49 Å². The third-order valence-corrected chi connectivity index (χ3v) is 1.44. The molecular formula is C7H9N3O2. The lowest BCUT2D eigenvalue weighted by Crippen LogP contribution is -2.26. The molecule has 0 radical (unpaired) electrons. The summed E-state index contributed by atoms with van der Waals surface area (Å²) >= 11 is 0. The van der Waals surface area contributed by atoms with Gasteiger partial charge in [-0.1, -0.05) is 0 Å². The number of nitrogens with zero attached hydrogens (tertiary/aromatic N) is 1. The van der Waals surface area contributed by atoms with Crippen molar-refractivity contribution < 1.29 is 9.90 Å². The van der Waals surface area contributed by atoms with E-state index in [4.69, 9.17) is 10.5 Å². The van der Waals surface area contributed by atoms with Crippen LogP contribution in [-0.2, 0) is 0 Å². The highest BCUT2D eigenvalue weighted by atomic mass is 16.4. The number of nitrogens with one attached hydrogen (secondary N) is 2. The molecule has 5 nitrogen and oxygen atoms in total. The maximum Gasteiger partial charge on any atom is 0.337 e. The monoisotopic (exact) mass is 167 g/mol. The van der Waals surface area contributed by atoms with Gasteiger partial charge in [-0.05, 0) is 12.1 Å². The van der Waals surface area contributed by atoms with Crippen LogP contribution in [0.4, 0.5) is 0 Å². The summed E-state index contributed by atoms with van der Waals surface area (Å²) in [7, 11) is 1.61. The van der Waals surface area contributed by atoms with E-state index in [2.05, 4.69) is 5.43 Å². The molecule has 0 aliphatic heterocycles. The fourth-order valence-corrected chi connectivity index (χ4v) is 0.812. The molecule has 0 unspecified atom stereocenters. The summed E-state index contributed by atoms with van der Waals surface area (Å²) in [6.45, 7) is 0. The summed E-state index contributed by atoms with van der Waals surface area (Å²) in [6, 6.07) is 2.80. The van der Waals surface area contributed by atoms with Crippen molar-refractivity contribution in [1.29, 1.82) is 5.41 Å². The van der Waals surface area contributed by atoms with E-state index >= 15 is 0 Å². The van der Waals surface area contributed by atoms with E-state index in [0.29, 0.717) is 0 Å². The van der Waals surface area contributed by atoms with Gasteiger partial charge >= 0.3 is 5.97 Å². The van der Waals surface area contributed by atoms with Crippen LogP contribution < -0.4 is 10.9 Å². The summed E-state index contributed by atoms with van der Waals surface area (Å²) in [5, 5.41) is 15.9. The molecule has 0 aromatic carbocycles. The Labute approximate surface area is 68.8 Å². The molecule has 64 valence electrons. The number of aromatic nitrogens is 1. The van der Waals surface area contributed by atoms with E-state index in [9.17, 15) is 4.79 Å². The first kappa shape index (κ1) is 8.32. The van der Waals surface area contributed by atoms with Crippen LogP contribution in [0.5, 0.6) is 0 Å². The SMILES string of the molecule is CNn1cc(C(=O)O)ccc1=N. The summed E-state index contributed by atoms with van der Waals surface area (Å²) in [4.78, 5) is 10.5. The molecule has 0 spiro atoms. The van der Waals surface area contributed by atoms with E-state index in [0.717, 1.165) is 0 Å². The van der Waals surface area contributed by atoms with E-state index in [-0.39, 0.29) is 11.1 Å². The number of carbonyl (C=O) groups is 1. The quantitative estimate of drug-likeness (QED) is 0.572. The van der Waals surface area contributed by atoms with Crippen LogP contribution in [0, 0.1) is 5.41 Å². The molecule has 5 heteroatoms. The minimum Gasteiger partial charge on any atom is -0.478 e. The van der Waals surface area contributed by atoms with Crippen molar-refractivity contribution in [1.82, 2.24) is 4.68 Å². The predicted octanol–water partition coefficient (Wildman–Crippen LogP) is -0.161. The number of hydrogen-bond donors (Lipinski definition) is 3. The highest BCUT2D eigenvalue weighted by Gasteiger charge is 2.01. The lowest BCUT2D eigenvalue weighted by Gasteiger charge is -2.05. The van der Waals surface area contributed by atoms with E-state index in [1.165, 1.54) is 23.0 Å². The molecule has 0 saturated heterocycles. The largest absolute Gasteiger partial charge is 0.478 e. The third kappa shape index (κ3) is 1.45. The van der Waals surface area contributed by atoms with Crippen molar-refractivity contribution in [3.8, 4) is 0 Å². The molecule has 3 N–H and O–H groups in total. The highest BCUT2D eigenvalue weighted by Crippen LogP contribution is 1.93. The van der Waals surface area contributed by atoms with Crippen molar-refractivity contribution in [2.45, 2.75) is 0 Å². The molecule has 0 aliphatic carbocycles. The Balaban J connectivity index is 3.23. The van der Waals surface area contributed by atoms with Gasteiger partial charge in [-0.25, -0.2) is 9.47 Å². The number of pyridine rings is 1. The Morgan fingerprint density at radius 3 is 2.83 bits per heavy atom. The van der Waals surface area contributed by atoms with Gasteiger partial charge in [-0.15, -0.1) is 0 Å². The number of rotatable bonds is 2. The zero-order chi connectivity index (χ0) is 9.14. The van der Waals surface area contributed by atoms with E-state index in [1.54, 1.807) is 7.05 Å². The zero-order valence-corrected chi connectivity index (χ0v) is 6.53. The van der Waals surface area contributed by atoms with E-state index in [1.807, 2.05) is 0 Å². The van der Waals surface area contributed by atoms with Crippen molar-refractivity contribution >= 4 is 5.97 Å². The van der Waals surface area contributed by atoms with Gasteiger partial charge in [0.25, 0.3) is 0 Å². The van der Waals surface area contributed by atoms with Crippen LogP contribution in [0.2, 0.25) is 0 Å². The van der Waals surface area contributed by atoms with Crippen molar-refractivity contribution in [3.63, 3.8) is 0 Å². The molecule has 1 aromatic rings. The normalized spacial score (nSPS) is 9.42. The first-order valence-corrected chi connectivity index (χ1v) is 3.33. The van der Waals surface area contributed by atoms with Gasteiger partial charge in [0.2, 0.25) is 0 Å². The Morgan fingerprint density at radius 1 is 1.67 bits per heavy atom. The molecule has 0 fully saturated rings. The summed E-state index contributed by atoms with van der Waals surface area (Å²) in [6.07, 6.45) is 1.35. The number of hydrogen-bond acceptors (Lipinski definition) is 3. The van der Waals surface area contributed by atoms with Crippen LogP contribution in [0.25, 0.3) is 0 Å². The van der Waals surface area contributed by atoms with Gasteiger partial charge in [-0.2, -0.15) is 0 Å². The lowest BCUT2D eigenvalue weighted by molar-refractivity contribution is 0.0696. The number of carboxylic acids is 1. The van der Waals surface area contributed by atoms with Crippen LogP contribution in [-0.4, -0.2) is 22.8 Å². The molecule has 0 aliphatic rings. The predicted molar refractivity (Wildman–Crippen MR) is 42.5 cm³/mol. The van der Waals surface area contributed by atoms with Gasteiger partial charge < -0.3 is 10.5 Å². The second kappa shape index (κ2) is 3.08. The molecule has 0 bridgehead atoms. The second-order valence-electron chi connectivity index (χ2n) is 2.20. The smallest absolute Gasteiger partial charge is 0.337 e. The Morgan fingerprint density at radius 2 is 2.33 bits per heavy atom. The molecule has 1 rings (SSSR count). The van der Waals surface area contributed by atoms with Gasteiger partial charge in [0.05, 0.1) is 5.56 Å². The van der Waals surface area contributed by atoms with Crippen LogP contribution in [0.1, 0.15) is 10.4 Å². The lowest BCUT2D eigenvalue weighted by atomic mass is 10.3. The molecular weight excluding hydrogens is 158 g/mol. The fourth-order valence-electron chi connectivity index (χ4n) is 0.812. The first-order chi connectivity index (χ1) is 5.65. The number of carboxylic acid groups (broad SMARTS) is 1. The standard InChI is InChI=1S/C7H9N3O2/c1-9-10-4-5(7(11)12)2-3-6(10)8/h2-4,8-9H,1H3,(H,11,12).